The Kier molecular flexibility index (Phi) is 3.76. The number of sulfone groups is 1. The van der Waals surface area contributed by atoms with E-state index >= 15 is 0 Å². The highest BCUT2D eigenvalue weighted by molar-refractivity contribution is 7.95. The summed E-state index contributed by atoms with van der Waals surface area (Å²) in [5.41, 5.74) is 0. The van der Waals surface area contributed by atoms with E-state index < -0.39 is 14.6 Å². The fourth-order valence-electron chi connectivity index (χ4n) is 1.06. The van der Waals surface area contributed by atoms with Gasteiger partial charge in [-0.1, -0.05) is 13.8 Å². The zero-order chi connectivity index (χ0) is 9.99. The van der Waals surface area contributed by atoms with E-state index in [4.69, 9.17) is 0 Å². The van der Waals surface area contributed by atoms with Crippen LogP contribution < -0.4 is 0 Å². The molecule has 2 nitrogen and oxygen atoms in total. The van der Waals surface area contributed by atoms with E-state index in [0.717, 1.165) is 0 Å². The molecule has 74 valence electrons. The van der Waals surface area contributed by atoms with Crippen molar-refractivity contribution in [3.8, 4) is 0 Å². The molecular weight excluding hydrogens is 172 g/mol. The van der Waals surface area contributed by atoms with Gasteiger partial charge in [0, 0.05) is 14.6 Å². The van der Waals surface area contributed by atoms with Gasteiger partial charge in [0.05, 0.1) is 0 Å². The van der Waals surface area contributed by atoms with Crippen LogP contribution in [0, 0.1) is 5.25 Å². The monoisotopic (exact) mass is 191 g/mol. The van der Waals surface area contributed by atoms with Crippen LogP contribution in [0.4, 0.5) is 0 Å². The van der Waals surface area contributed by atoms with Crippen LogP contribution in [0.15, 0.2) is 0 Å². The fourth-order valence-corrected chi connectivity index (χ4v) is 2.69. The van der Waals surface area contributed by atoms with Crippen molar-refractivity contribution in [2.24, 2.45) is 0 Å². The molecule has 0 bridgehead atoms. The third kappa shape index (κ3) is 2.22. The van der Waals surface area contributed by atoms with E-state index in [9.17, 15) is 8.42 Å². The van der Waals surface area contributed by atoms with Gasteiger partial charge < -0.3 is 0 Å². The second kappa shape index (κ2) is 3.77. The Morgan fingerprint density at radius 2 is 1.42 bits per heavy atom. The highest BCUT2D eigenvalue weighted by Gasteiger charge is 2.25. The summed E-state index contributed by atoms with van der Waals surface area (Å²) in [5, 5.41) is 0.662. The van der Waals surface area contributed by atoms with Gasteiger partial charge in [-0.2, -0.15) is 18.1 Å². The van der Waals surface area contributed by atoms with Gasteiger partial charge in [-0.25, -0.2) is 0 Å². The molecular formula is C9H19O2S-. The second-order valence-electron chi connectivity index (χ2n) is 3.86. The lowest BCUT2D eigenvalue weighted by Crippen LogP contribution is -2.32. The van der Waals surface area contributed by atoms with Gasteiger partial charge in [0.2, 0.25) is 0 Å². The first-order valence-corrected chi connectivity index (χ1v) is 5.85. The van der Waals surface area contributed by atoms with Gasteiger partial charge in [-0.05, 0) is 20.8 Å². The molecule has 0 fully saturated rings. The molecule has 3 heteroatoms. The lowest BCUT2D eigenvalue weighted by atomic mass is 10.2. The molecule has 0 saturated heterocycles. The lowest BCUT2D eigenvalue weighted by Gasteiger charge is -2.35. The van der Waals surface area contributed by atoms with Crippen molar-refractivity contribution in [3.63, 3.8) is 0 Å². The molecule has 0 rings (SSSR count). The van der Waals surface area contributed by atoms with E-state index in [0.29, 0.717) is 18.1 Å². The zero-order valence-corrected chi connectivity index (χ0v) is 9.46. The number of rotatable bonds is 3. The zero-order valence-electron chi connectivity index (χ0n) is 8.64. The van der Waals surface area contributed by atoms with Crippen molar-refractivity contribution >= 4 is 9.84 Å². The molecule has 0 aliphatic rings. The van der Waals surface area contributed by atoms with Crippen molar-refractivity contribution in [3.05, 3.63) is 5.25 Å². The van der Waals surface area contributed by atoms with Crippen LogP contribution in [0.5, 0.6) is 0 Å². The molecule has 0 heterocycles. The molecule has 0 unspecified atom stereocenters. The number of hydrogen-bond acceptors (Lipinski definition) is 2. The van der Waals surface area contributed by atoms with Crippen molar-refractivity contribution in [2.45, 2.75) is 52.2 Å². The Balaban J connectivity index is 4.85. The first-order chi connectivity index (χ1) is 5.27. The second-order valence-corrected chi connectivity index (χ2v) is 6.67. The molecule has 0 aliphatic carbocycles. The first kappa shape index (κ1) is 11.9. The van der Waals surface area contributed by atoms with Gasteiger partial charge in [-0.3, -0.25) is 8.42 Å². The maximum Gasteiger partial charge on any atom is 0.0355 e. The minimum absolute atomic E-state index is 0.635. The molecule has 0 N–H and O–H groups in total. The normalized spacial score (nSPS) is 13.8. The molecule has 0 aliphatic heterocycles. The molecule has 12 heavy (non-hydrogen) atoms. The van der Waals surface area contributed by atoms with Crippen LogP contribution >= 0.6 is 0 Å². The number of hydrogen-bond donors (Lipinski definition) is 0. The average molecular weight is 191 g/mol. The Morgan fingerprint density at radius 3 is 1.50 bits per heavy atom. The summed E-state index contributed by atoms with van der Waals surface area (Å²) >= 11 is 0. The highest BCUT2D eigenvalue weighted by atomic mass is 32.2. The summed E-state index contributed by atoms with van der Waals surface area (Å²) < 4.78 is 22.9. The topological polar surface area (TPSA) is 34.1 Å². The van der Waals surface area contributed by atoms with Crippen LogP contribution in [0.3, 0.4) is 0 Å². The molecule has 0 atom stereocenters. The SMILES string of the molecule is CC[C-](CC)S(=O)(=O)C(C)(C)C. The molecule has 0 aromatic heterocycles. The Morgan fingerprint density at radius 1 is 1.08 bits per heavy atom. The predicted octanol–water partition coefficient (Wildman–Crippen LogP) is 2.55. The maximum absolute atomic E-state index is 11.8. The molecule has 0 amide bonds. The highest BCUT2D eigenvalue weighted by Crippen LogP contribution is 2.29. The third-order valence-corrected chi connectivity index (χ3v) is 4.92. The standard InChI is InChI=1S/C9H19O2S/c1-6-8(7-2)12(10,11)9(3,4)5/h6-7H2,1-5H3/q-1. The predicted molar refractivity (Wildman–Crippen MR) is 52.5 cm³/mol. The Labute approximate surface area is 76.3 Å². The van der Waals surface area contributed by atoms with Crippen molar-refractivity contribution in [1.29, 1.82) is 0 Å². The molecule has 0 aromatic rings. The van der Waals surface area contributed by atoms with E-state index in [2.05, 4.69) is 0 Å². The van der Waals surface area contributed by atoms with Crippen LogP contribution in [0.1, 0.15) is 47.5 Å². The summed E-state index contributed by atoms with van der Waals surface area (Å²) in [6.07, 6.45) is 1.27. The largest absolute Gasteiger partial charge is 0.262 e. The van der Waals surface area contributed by atoms with Crippen molar-refractivity contribution in [1.82, 2.24) is 0 Å². The van der Waals surface area contributed by atoms with Crippen LogP contribution in [-0.2, 0) is 9.84 Å². The summed E-state index contributed by atoms with van der Waals surface area (Å²) in [4.78, 5) is 0. The Bertz CT molecular complexity index is 217. The summed E-state index contributed by atoms with van der Waals surface area (Å²) in [6, 6.07) is 0. The van der Waals surface area contributed by atoms with E-state index in [-0.39, 0.29) is 0 Å². The van der Waals surface area contributed by atoms with Gasteiger partial charge >= 0.3 is 0 Å². The summed E-state index contributed by atoms with van der Waals surface area (Å²) in [5.74, 6) is 0. The van der Waals surface area contributed by atoms with E-state index in [1.165, 1.54) is 0 Å². The lowest BCUT2D eigenvalue weighted by molar-refractivity contribution is 0.555. The average Bonchev–Trinajstić information content (AvgIpc) is 1.87. The molecule has 0 radical (unpaired) electrons. The quantitative estimate of drug-likeness (QED) is 0.642. The van der Waals surface area contributed by atoms with Crippen LogP contribution in [0.25, 0.3) is 0 Å². The molecule has 0 spiro atoms. The summed E-state index contributed by atoms with van der Waals surface area (Å²) in [7, 11) is -3.02. The van der Waals surface area contributed by atoms with Gasteiger partial charge in [0.1, 0.15) is 0 Å². The van der Waals surface area contributed by atoms with Gasteiger partial charge in [0.25, 0.3) is 0 Å². The fraction of sp³-hybridized carbons (Fsp3) is 0.889. The maximum atomic E-state index is 11.8. The van der Waals surface area contributed by atoms with Crippen LogP contribution in [0.2, 0.25) is 0 Å². The van der Waals surface area contributed by atoms with E-state index in [1.54, 1.807) is 20.8 Å². The van der Waals surface area contributed by atoms with E-state index in [1.807, 2.05) is 13.8 Å². The minimum Gasteiger partial charge on any atom is -0.262 e. The first-order valence-electron chi connectivity index (χ1n) is 4.36. The van der Waals surface area contributed by atoms with Crippen LogP contribution in [-0.4, -0.2) is 13.2 Å². The van der Waals surface area contributed by atoms with Gasteiger partial charge in [-0.15, -0.1) is 0 Å². The van der Waals surface area contributed by atoms with Crippen molar-refractivity contribution < 1.29 is 8.42 Å². The van der Waals surface area contributed by atoms with Crippen molar-refractivity contribution in [2.75, 3.05) is 0 Å². The smallest absolute Gasteiger partial charge is 0.0355 e. The van der Waals surface area contributed by atoms with Gasteiger partial charge in [0.15, 0.2) is 0 Å². The third-order valence-electron chi connectivity index (χ3n) is 1.97. The molecule has 0 saturated carbocycles. The molecule has 0 aromatic carbocycles. The summed E-state index contributed by atoms with van der Waals surface area (Å²) in [6.45, 7) is 9.01. The minimum atomic E-state index is -3.02. The Hall–Kier alpha value is -0.0500.